The van der Waals surface area contributed by atoms with Crippen LogP contribution < -0.4 is 0 Å². The van der Waals surface area contributed by atoms with E-state index in [0.29, 0.717) is 11.3 Å². The van der Waals surface area contributed by atoms with Crippen molar-refractivity contribution in [3.05, 3.63) is 17.0 Å². The van der Waals surface area contributed by atoms with E-state index >= 15 is 0 Å². The highest BCUT2D eigenvalue weighted by molar-refractivity contribution is 6.08. The van der Waals surface area contributed by atoms with Crippen LogP contribution in [0.5, 0.6) is 0 Å². The Hall–Kier alpha value is -1.45. The van der Waals surface area contributed by atoms with Gasteiger partial charge in [0.05, 0.1) is 17.7 Å². The van der Waals surface area contributed by atoms with Crippen molar-refractivity contribution in [2.45, 2.75) is 27.2 Å². The number of aromatic nitrogens is 2. The quantitative estimate of drug-likeness (QED) is 0.536. The van der Waals surface area contributed by atoms with Gasteiger partial charge in [0.1, 0.15) is 5.78 Å². The Bertz CT molecular complexity index is 391. The maximum atomic E-state index is 11.6. The predicted molar refractivity (Wildman–Crippen MR) is 52.3 cm³/mol. The highest BCUT2D eigenvalue weighted by Gasteiger charge is 2.17. The smallest absolute Gasteiger partial charge is 0.173 e. The summed E-state index contributed by atoms with van der Waals surface area (Å²) in [6, 6.07) is 0. The van der Waals surface area contributed by atoms with Crippen LogP contribution in [0.25, 0.3) is 0 Å². The lowest BCUT2D eigenvalue weighted by molar-refractivity contribution is -0.116. The fourth-order valence-electron chi connectivity index (χ4n) is 1.49. The Morgan fingerprint density at radius 2 is 1.93 bits per heavy atom. The van der Waals surface area contributed by atoms with Crippen LogP contribution in [0.3, 0.4) is 0 Å². The number of carbonyl (C=O) groups excluding carboxylic acids is 2. The zero-order valence-electron chi connectivity index (χ0n) is 8.92. The second-order valence-corrected chi connectivity index (χ2v) is 3.47. The summed E-state index contributed by atoms with van der Waals surface area (Å²) in [6.07, 6.45) is -0.0344. The molecule has 76 valence electrons. The van der Waals surface area contributed by atoms with Crippen molar-refractivity contribution in [1.29, 1.82) is 0 Å². The third kappa shape index (κ3) is 1.89. The average molecular weight is 194 g/mol. The third-order valence-corrected chi connectivity index (χ3v) is 2.20. The maximum Gasteiger partial charge on any atom is 0.173 e. The molecule has 0 aromatic carbocycles. The minimum Gasteiger partial charge on any atom is -0.300 e. The molecule has 1 aromatic heterocycles. The second-order valence-electron chi connectivity index (χ2n) is 3.47. The number of nitrogens with zero attached hydrogens (tertiary/aromatic N) is 2. The Morgan fingerprint density at radius 3 is 2.29 bits per heavy atom. The molecule has 0 bridgehead atoms. The van der Waals surface area contributed by atoms with E-state index in [2.05, 4.69) is 5.10 Å². The van der Waals surface area contributed by atoms with Crippen molar-refractivity contribution in [3.8, 4) is 0 Å². The highest BCUT2D eigenvalue weighted by Crippen LogP contribution is 2.14. The third-order valence-electron chi connectivity index (χ3n) is 2.20. The zero-order valence-corrected chi connectivity index (χ0v) is 8.92. The molecule has 0 fully saturated rings. The van der Waals surface area contributed by atoms with Crippen LogP contribution in [0.15, 0.2) is 0 Å². The van der Waals surface area contributed by atoms with Crippen LogP contribution in [-0.2, 0) is 11.8 Å². The van der Waals surface area contributed by atoms with E-state index in [9.17, 15) is 9.59 Å². The summed E-state index contributed by atoms with van der Waals surface area (Å²) in [6.45, 7) is 5.02. The van der Waals surface area contributed by atoms with E-state index < -0.39 is 0 Å². The van der Waals surface area contributed by atoms with Crippen LogP contribution >= 0.6 is 0 Å². The molecular formula is C10H14N2O2. The van der Waals surface area contributed by atoms with Crippen molar-refractivity contribution >= 4 is 11.6 Å². The van der Waals surface area contributed by atoms with Gasteiger partial charge in [-0.2, -0.15) is 5.10 Å². The van der Waals surface area contributed by atoms with Gasteiger partial charge < -0.3 is 0 Å². The fourth-order valence-corrected chi connectivity index (χ4v) is 1.49. The first kappa shape index (κ1) is 10.6. The Balaban J connectivity index is 3.06. The molecule has 0 aliphatic rings. The molecule has 0 aliphatic carbocycles. The van der Waals surface area contributed by atoms with Crippen LogP contribution in [0, 0.1) is 13.8 Å². The SMILES string of the molecule is CC(=O)CC(=O)c1c(C)nn(C)c1C. The summed E-state index contributed by atoms with van der Waals surface area (Å²) in [7, 11) is 1.78. The van der Waals surface area contributed by atoms with Crippen molar-refractivity contribution in [1.82, 2.24) is 9.78 Å². The van der Waals surface area contributed by atoms with Gasteiger partial charge in [-0.1, -0.05) is 0 Å². The molecule has 0 unspecified atom stereocenters. The van der Waals surface area contributed by atoms with Crippen molar-refractivity contribution in [3.63, 3.8) is 0 Å². The summed E-state index contributed by atoms with van der Waals surface area (Å²) in [5.74, 6) is -0.252. The molecule has 0 radical (unpaired) electrons. The van der Waals surface area contributed by atoms with Crippen LogP contribution in [0.1, 0.15) is 35.1 Å². The maximum absolute atomic E-state index is 11.6. The molecule has 1 rings (SSSR count). The van der Waals surface area contributed by atoms with Gasteiger partial charge in [-0.05, 0) is 20.8 Å². The van der Waals surface area contributed by atoms with E-state index in [1.54, 1.807) is 18.7 Å². The van der Waals surface area contributed by atoms with Gasteiger partial charge in [-0.3, -0.25) is 14.3 Å². The summed E-state index contributed by atoms with van der Waals surface area (Å²) >= 11 is 0. The van der Waals surface area contributed by atoms with Gasteiger partial charge in [-0.25, -0.2) is 0 Å². The number of hydrogen-bond acceptors (Lipinski definition) is 3. The molecule has 0 atom stereocenters. The lowest BCUT2D eigenvalue weighted by Gasteiger charge is -1.98. The molecule has 1 aromatic rings. The highest BCUT2D eigenvalue weighted by atomic mass is 16.1. The van der Waals surface area contributed by atoms with E-state index in [-0.39, 0.29) is 18.0 Å². The van der Waals surface area contributed by atoms with E-state index in [4.69, 9.17) is 0 Å². The zero-order chi connectivity index (χ0) is 10.9. The van der Waals surface area contributed by atoms with Crippen LogP contribution in [0.2, 0.25) is 0 Å². The largest absolute Gasteiger partial charge is 0.300 e. The summed E-state index contributed by atoms with van der Waals surface area (Å²) in [4.78, 5) is 22.4. The van der Waals surface area contributed by atoms with Crippen molar-refractivity contribution < 1.29 is 9.59 Å². The van der Waals surface area contributed by atoms with Crippen molar-refractivity contribution in [2.75, 3.05) is 0 Å². The Labute approximate surface area is 82.9 Å². The Morgan fingerprint density at radius 1 is 1.36 bits per heavy atom. The van der Waals surface area contributed by atoms with Gasteiger partial charge in [0.2, 0.25) is 0 Å². The standard InChI is InChI=1S/C10H14N2O2/c1-6(13)5-9(14)10-7(2)11-12(4)8(10)3/h5H2,1-4H3. The lowest BCUT2D eigenvalue weighted by Crippen LogP contribution is -2.07. The number of rotatable bonds is 3. The van der Waals surface area contributed by atoms with Crippen molar-refractivity contribution in [2.24, 2.45) is 7.05 Å². The Kier molecular flexibility index (Phi) is 2.84. The molecule has 0 spiro atoms. The summed E-state index contributed by atoms with van der Waals surface area (Å²) in [5, 5.41) is 4.12. The summed E-state index contributed by atoms with van der Waals surface area (Å²) < 4.78 is 1.66. The number of ketones is 2. The molecule has 0 saturated heterocycles. The van der Waals surface area contributed by atoms with Gasteiger partial charge >= 0.3 is 0 Å². The molecular weight excluding hydrogens is 180 g/mol. The monoisotopic (exact) mass is 194 g/mol. The van der Waals surface area contributed by atoms with Gasteiger partial charge in [0, 0.05) is 12.7 Å². The van der Waals surface area contributed by atoms with Gasteiger partial charge in [0.25, 0.3) is 0 Å². The van der Waals surface area contributed by atoms with E-state index in [1.807, 2.05) is 6.92 Å². The van der Waals surface area contributed by atoms with Gasteiger partial charge in [0.15, 0.2) is 5.78 Å². The molecule has 0 amide bonds. The molecule has 0 aliphatic heterocycles. The number of carbonyl (C=O) groups is 2. The van der Waals surface area contributed by atoms with Crippen LogP contribution in [-0.4, -0.2) is 21.3 Å². The normalized spacial score (nSPS) is 10.3. The first-order valence-corrected chi connectivity index (χ1v) is 4.46. The van der Waals surface area contributed by atoms with E-state index in [0.717, 1.165) is 5.69 Å². The minimum atomic E-state index is -0.138. The first-order valence-electron chi connectivity index (χ1n) is 4.46. The number of Topliss-reactive ketones (excluding diaryl/α,β-unsaturated/α-hetero) is 2. The molecule has 4 nitrogen and oxygen atoms in total. The first-order chi connectivity index (χ1) is 6.43. The minimum absolute atomic E-state index is 0.0344. The fraction of sp³-hybridized carbons (Fsp3) is 0.500. The van der Waals surface area contributed by atoms with Crippen LogP contribution in [0.4, 0.5) is 0 Å². The number of hydrogen-bond donors (Lipinski definition) is 0. The molecule has 0 saturated carbocycles. The van der Waals surface area contributed by atoms with E-state index in [1.165, 1.54) is 6.92 Å². The predicted octanol–water partition coefficient (Wildman–Crippen LogP) is 1.20. The molecule has 1 heterocycles. The topological polar surface area (TPSA) is 52.0 Å². The average Bonchev–Trinajstić information content (AvgIpc) is 2.25. The van der Waals surface area contributed by atoms with Gasteiger partial charge in [-0.15, -0.1) is 0 Å². The summed E-state index contributed by atoms with van der Waals surface area (Å²) in [5.41, 5.74) is 2.09. The second kappa shape index (κ2) is 3.74. The number of aryl methyl sites for hydroxylation is 2. The molecule has 14 heavy (non-hydrogen) atoms. The molecule has 0 N–H and O–H groups in total. The lowest BCUT2D eigenvalue weighted by atomic mass is 10.1. The molecule has 4 heteroatoms.